The van der Waals surface area contributed by atoms with Gasteiger partial charge >= 0.3 is 0 Å². The van der Waals surface area contributed by atoms with Crippen LogP contribution in [0, 0.1) is 0 Å². The molecule has 0 bridgehead atoms. The van der Waals surface area contributed by atoms with Crippen LogP contribution < -0.4 is 0 Å². The van der Waals surface area contributed by atoms with Crippen molar-refractivity contribution in [2.24, 2.45) is 0 Å². The first kappa shape index (κ1) is 26.5. The molecular formula is C38H24O4. The van der Waals surface area contributed by atoms with Crippen LogP contribution in [0.5, 0.6) is 0 Å². The monoisotopic (exact) mass is 544 g/mol. The Labute approximate surface area is 243 Å². The van der Waals surface area contributed by atoms with Crippen molar-refractivity contribution in [1.29, 1.82) is 0 Å². The fraction of sp³-hybridized carbons (Fsp3) is 0. The number of hydrogen-bond donors (Lipinski definition) is 0. The summed E-state index contributed by atoms with van der Waals surface area (Å²) in [5.41, 5.74) is 3.68. The molecule has 2 aliphatic rings. The van der Waals surface area contributed by atoms with Crippen LogP contribution in [0.25, 0.3) is 11.1 Å². The average Bonchev–Trinajstić information content (AvgIpc) is 3.28. The standard InChI is InChI=1S/C38H24O4/c39-35(25-13-5-1-6-14-25)29-21-30(36(40)26-15-7-2-8-16-26)23-32-31(22-29)33(37(41)27-17-9-3-10-18-27)24-34(32)38(42)28-19-11-4-12-20-28/h1-24H. The lowest BCUT2D eigenvalue weighted by atomic mass is 9.97. The van der Waals surface area contributed by atoms with Gasteiger partial charge in [-0.15, -0.1) is 0 Å². The van der Waals surface area contributed by atoms with E-state index in [0.717, 1.165) is 0 Å². The van der Waals surface area contributed by atoms with Gasteiger partial charge in [-0.25, -0.2) is 0 Å². The van der Waals surface area contributed by atoms with E-state index in [0.29, 0.717) is 33.4 Å². The van der Waals surface area contributed by atoms with E-state index in [1.165, 1.54) is 0 Å². The SMILES string of the molecule is O=C(c1ccccc1)c1cc(C(=O)c2ccccc2)cc2c(C(=O)c3ccccc3)cc(C(=O)c3ccccc3)c-2c1. The zero-order valence-electron chi connectivity index (χ0n) is 22.5. The van der Waals surface area contributed by atoms with E-state index < -0.39 is 0 Å². The van der Waals surface area contributed by atoms with Crippen LogP contribution in [0.3, 0.4) is 0 Å². The Hall–Kier alpha value is -5.74. The molecule has 4 aromatic rings. The highest BCUT2D eigenvalue weighted by Gasteiger charge is 2.28. The topological polar surface area (TPSA) is 68.3 Å². The Morgan fingerprint density at radius 3 is 0.881 bits per heavy atom. The normalized spacial score (nSPS) is 10.8. The zero-order valence-corrected chi connectivity index (χ0v) is 22.5. The lowest BCUT2D eigenvalue weighted by Gasteiger charge is -2.04. The highest BCUT2D eigenvalue weighted by molar-refractivity contribution is 6.22. The molecule has 0 aliphatic heterocycles. The smallest absolute Gasteiger partial charge is 0.193 e. The zero-order chi connectivity index (χ0) is 29.1. The summed E-state index contributed by atoms with van der Waals surface area (Å²) in [6.45, 7) is 0. The van der Waals surface area contributed by atoms with E-state index in [9.17, 15) is 19.2 Å². The van der Waals surface area contributed by atoms with Crippen LogP contribution in [0.2, 0.25) is 0 Å². The molecule has 0 unspecified atom stereocenters. The Balaban J connectivity index is 1.63. The molecule has 0 fully saturated rings. The molecule has 0 atom stereocenters. The third-order valence-electron chi connectivity index (χ3n) is 7.23. The van der Waals surface area contributed by atoms with Gasteiger partial charge in [0.05, 0.1) is 0 Å². The van der Waals surface area contributed by atoms with Gasteiger partial charge < -0.3 is 0 Å². The Morgan fingerprint density at radius 1 is 0.286 bits per heavy atom. The van der Waals surface area contributed by atoms with E-state index in [2.05, 4.69) is 0 Å². The Bertz CT molecular complexity index is 1770. The molecule has 0 saturated heterocycles. The second-order valence-corrected chi connectivity index (χ2v) is 9.92. The van der Waals surface area contributed by atoms with Gasteiger partial charge in [0.15, 0.2) is 23.1 Å². The summed E-state index contributed by atoms with van der Waals surface area (Å²) in [7, 11) is 0. The molecule has 4 nitrogen and oxygen atoms in total. The molecule has 2 aliphatic carbocycles. The van der Waals surface area contributed by atoms with Crippen molar-refractivity contribution >= 4 is 23.1 Å². The molecule has 4 heteroatoms. The number of benzene rings is 4. The predicted octanol–water partition coefficient (Wildman–Crippen LogP) is 7.72. The maximum absolute atomic E-state index is 13.9. The Morgan fingerprint density at radius 2 is 0.571 bits per heavy atom. The van der Waals surface area contributed by atoms with Gasteiger partial charge in [0.25, 0.3) is 0 Å². The summed E-state index contributed by atoms with van der Waals surface area (Å²) < 4.78 is 0. The van der Waals surface area contributed by atoms with Gasteiger partial charge in [-0.2, -0.15) is 0 Å². The van der Waals surface area contributed by atoms with Gasteiger partial charge in [0.2, 0.25) is 0 Å². The molecular weight excluding hydrogens is 520 g/mol. The van der Waals surface area contributed by atoms with E-state index in [-0.39, 0.29) is 45.4 Å². The van der Waals surface area contributed by atoms with E-state index >= 15 is 0 Å². The maximum atomic E-state index is 13.9. The fourth-order valence-corrected chi connectivity index (χ4v) is 5.10. The first-order valence-corrected chi connectivity index (χ1v) is 13.5. The summed E-state index contributed by atoms with van der Waals surface area (Å²) in [5.74, 6) is -1.17. The van der Waals surface area contributed by atoms with E-state index in [1.54, 1.807) is 121 Å². The second-order valence-electron chi connectivity index (χ2n) is 9.92. The molecule has 0 N–H and O–H groups in total. The van der Waals surface area contributed by atoms with Crippen LogP contribution in [-0.2, 0) is 0 Å². The lowest BCUT2D eigenvalue weighted by molar-refractivity contribution is 0.102. The first-order chi connectivity index (χ1) is 20.5. The number of hydrogen-bond acceptors (Lipinski definition) is 4. The van der Waals surface area contributed by atoms with Gasteiger partial charge in [-0.3, -0.25) is 19.2 Å². The number of carbonyl (C=O) groups excluding carboxylic acids is 4. The van der Waals surface area contributed by atoms with Crippen LogP contribution in [0.4, 0.5) is 0 Å². The van der Waals surface area contributed by atoms with Crippen molar-refractivity contribution in [2.75, 3.05) is 0 Å². The molecule has 4 aromatic carbocycles. The number of fused-ring (bicyclic) bond motifs is 1. The summed E-state index contributed by atoms with van der Waals surface area (Å²) in [6.07, 6.45) is 0. The molecule has 0 radical (unpaired) electrons. The number of rotatable bonds is 8. The maximum Gasteiger partial charge on any atom is 0.193 e. The fourth-order valence-electron chi connectivity index (χ4n) is 5.10. The first-order valence-electron chi connectivity index (χ1n) is 13.5. The van der Waals surface area contributed by atoms with Gasteiger partial charge in [0, 0.05) is 44.5 Å². The van der Waals surface area contributed by atoms with Crippen molar-refractivity contribution in [3.8, 4) is 11.1 Å². The van der Waals surface area contributed by atoms with Crippen LogP contribution in [0.1, 0.15) is 63.7 Å². The molecule has 42 heavy (non-hydrogen) atoms. The highest BCUT2D eigenvalue weighted by Crippen LogP contribution is 2.37. The van der Waals surface area contributed by atoms with Gasteiger partial charge in [-0.1, -0.05) is 121 Å². The molecule has 0 heterocycles. The minimum atomic E-state index is -0.301. The number of ketones is 4. The highest BCUT2D eigenvalue weighted by atomic mass is 16.1. The average molecular weight is 545 g/mol. The van der Waals surface area contributed by atoms with Crippen molar-refractivity contribution < 1.29 is 19.2 Å². The third-order valence-corrected chi connectivity index (χ3v) is 7.23. The minimum Gasteiger partial charge on any atom is -0.289 e. The minimum absolute atomic E-state index is 0.238. The van der Waals surface area contributed by atoms with Crippen LogP contribution >= 0.6 is 0 Å². The van der Waals surface area contributed by atoms with Crippen LogP contribution in [-0.4, -0.2) is 23.1 Å². The summed E-state index contributed by atoms with van der Waals surface area (Å²) in [5, 5.41) is 0. The quantitative estimate of drug-likeness (QED) is 0.184. The van der Waals surface area contributed by atoms with Crippen molar-refractivity contribution in [3.63, 3.8) is 0 Å². The van der Waals surface area contributed by atoms with Crippen LogP contribution in [0.15, 0.2) is 146 Å². The van der Waals surface area contributed by atoms with Crippen molar-refractivity contribution in [2.45, 2.75) is 0 Å². The third kappa shape index (κ3) is 5.09. The second kappa shape index (κ2) is 11.4. The molecule has 0 aromatic heterocycles. The van der Waals surface area contributed by atoms with E-state index in [4.69, 9.17) is 0 Å². The van der Waals surface area contributed by atoms with E-state index in [1.807, 2.05) is 24.3 Å². The summed E-state index contributed by atoms with van der Waals surface area (Å²) in [4.78, 5) is 55.3. The van der Waals surface area contributed by atoms with Gasteiger partial charge in [0.1, 0.15) is 0 Å². The molecule has 0 amide bonds. The van der Waals surface area contributed by atoms with Gasteiger partial charge in [-0.05, 0) is 35.4 Å². The largest absolute Gasteiger partial charge is 0.289 e. The summed E-state index contributed by atoms with van der Waals surface area (Å²) >= 11 is 0. The predicted molar refractivity (Wildman–Crippen MR) is 163 cm³/mol. The summed E-state index contributed by atoms with van der Waals surface area (Å²) in [6, 6.07) is 41.5. The molecule has 6 rings (SSSR count). The molecule has 0 spiro atoms. The lowest BCUT2D eigenvalue weighted by Crippen LogP contribution is -2.04. The molecule has 0 saturated carbocycles. The Kier molecular flexibility index (Phi) is 7.19. The molecule has 200 valence electrons. The number of carbonyl (C=O) groups is 4. The van der Waals surface area contributed by atoms with Crippen molar-refractivity contribution in [3.05, 3.63) is 190 Å². The van der Waals surface area contributed by atoms with Crippen molar-refractivity contribution in [1.82, 2.24) is 0 Å².